The number of amides is 3. The van der Waals surface area contributed by atoms with Gasteiger partial charge in [0.1, 0.15) is 0 Å². The molecular weight excluding hydrogens is 900 g/mol. The van der Waals surface area contributed by atoms with Gasteiger partial charge in [-0.25, -0.2) is 15.4 Å². The number of hydrogen-bond acceptors (Lipinski definition) is 15. The van der Waals surface area contributed by atoms with Crippen LogP contribution in [0, 0.1) is 11.8 Å². The predicted octanol–water partition coefficient (Wildman–Crippen LogP) is 4.02. The molecule has 8 rings (SSSR count). The molecule has 2 aromatic heterocycles. The van der Waals surface area contributed by atoms with Crippen LogP contribution in [0.2, 0.25) is 10.0 Å². The van der Waals surface area contributed by atoms with E-state index in [0.717, 1.165) is 81.7 Å². The molecule has 6 heterocycles. The summed E-state index contributed by atoms with van der Waals surface area (Å²) in [6.45, 7) is 12.6. The van der Waals surface area contributed by atoms with E-state index in [9.17, 15) is 14.4 Å². The van der Waals surface area contributed by atoms with Crippen molar-refractivity contribution in [3.63, 3.8) is 0 Å². The van der Waals surface area contributed by atoms with Gasteiger partial charge in [-0.2, -0.15) is 14.5 Å². The number of anilines is 3. The summed E-state index contributed by atoms with van der Waals surface area (Å²) in [4.78, 5) is 49.8. The molecule has 2 aromatic carbocycles. The van der Waals surface area contributed by atoms with Crippen molar-refractivity contribution in [1.29, 1.82) is 0 Å². The van der Waals surface area contributed by atoms with Crippen LogP contribution >= 0.6 is 47.1 Å². The lowest BCUT2D eigenvalue weighted by Gasteiger charge is -2.34. The highest BCUT2D eigenvalue weighted by Gasteiger charge is 2.41. The lowest BCUT2D eigenvalue weighted by Crippen LogP contribution is -2.49. The summed E-state index contributed by atoms with van der Waals surface area (Å²) in [5, 5.41) is 13.5. The standard InChI is InChI=1S/C24H32ClN7O2S.C17H24ClN9OS/c1-17(33)30-13-19-15-31(16-20(19)14-30)22-11-18(3-4-21(22)25)12-28-7-9-29(10-8-28)24(34)32-6-5-23(26-32)27-35-2;1-29-24-15-4-5-27(23-15)17(28)26-8-6-25(7-9-26)11-12-2-3-14(18)13(10-12)16(21-19)22-20/h3-6,11,19-20H,7-10,12-16H2,1-2H3,(H,26,27);2-5,10H,6-9,11,19-20H2,1H3,(H,21,22)(H,23,24). The SMILES string of the molecule is CSNc1ccn(C(=O)N2CCN(Cc3ccc(Cl)c(/C(=N/N)NN)c3)CC2)n1.CSNc1ccn(C(=O)N2CCN(Cc3ccc(Cl)c(N4CC5CN(C(C)=O)CC5C4)c3)CC2)n1. The van der Waals surface area contributed by atoms with E-state index in [4.69, 9.17) is 34.9 Å². The highest BCUT2D eigenvalue weighted by atomic mass is 35.5. The van der Waals surface area contributed by atoms with Crippen LogP contribution in [0.25, 0.3) is 0 Å². The largest absolute Gasteiger partial charge is 0.370 e. The maximum Gasteiger partial charge on any atom is 0.344 e. The summed E-state index contributed by atoms with van der Waals surface area (Å²) in [5.74, 6) is 13.7. The lowest BCUT2D eigenvalue weighted by molar-refractivity contribution is -0.128. The molecule has 0 aliphatic carbocycles. The molecule has 4 aliphatic rings. The van der Waals surface area contributed by atoms with Gasteiger partial charge < -0.3 is 40.3 Å². The van der Waals surface area contributed by atoms with E-state index in [-0.39, 0.29) is 18.0 Å². The first-order valence-electron chi connectivity index (χ1n) is 21.0. The Morgan fingerprint density at radius 2 is 1.19 bits per heavy atom. The van der Waals surface area contributed by atoms with Crippen LogP contribution in [0.4, 0.5) is 26.9 Å². The Morgan fingerprint density at radius 3 is 1.64 bits per heavy atom. The van der Waals surface area contributed by atoms with Gasteiger partial charge >= 0.3 is 12.1 Å². The monoisotopic (exact) mass is 954 g/mol. The third-order valence-corrected chi connectivity index (χ3v) is 13.4. The van der Waals surface area contributed by atoms with Crippen LogP contribution in [0.1, 0.15) is 23.6 Å². The smallest absolute Gasteiger partial charge is 0.344 e. The molecule has 4 saturated heterocycles. The Bertz CT molecular complexity index is 2270. The second-order valence-corrected chi connectivity index (χ2v) is 18.1. The van der Waals surface area contributed by atoms with Crippen molar-refractivity contribution in [2.24, 2.45) is 28.6 Å². The number of aromatic nitrogens is 4. The number of hydrazone groups is 1. The van der Waals surface area contributed by atoms with Gasteiger partial charge in [-0.1, -0.05) is 59.2 Å². The minimum absolute atomic E-state index is 0.0875. The summed E-state index contributed by atoms with van der Waals surface area (Å²) in [7, 11) is 0. The average Bonchev–Trinajstić information content (AvgIpc) is 4.12. The number of hydrazine groups is 1. The van der Waals surface area contributed by atoms with Gasteiger partial charge in [0.15, 0.2) is 17.5 Å². The van der Waals surface area contributed by atoms with Gasteiger partial charge in [-0.3, -0.25) is 14.6 Å². The zero-order chi connectivity index (χ0) is 45.3. The number of benzene rings is 2. The number of nitrogens with two attached hydrogens (primary N) is 2. The second kappa shape index (κ2) is 21.9. The minimum atomic E-state index is -0.120. The fourth-order valence-corrected chi connectivity index (χ4v) is 9.64. The first-order chi connectivity index (χ1) is 31.0. The van der Waals surface area contributed by atoms with E-state index >= 15 is 0 Å². The van der Waals surface area contributed by atoms with Crippen molar-refractivity contribution < 1.29 is 14.4 Å². The zero-order valence-electron chi connectivity index (χ0n) is 36.2. The Kier molecular flexibility index (Phi) is 16.1. The predicted molar refractivity (Wildman–Crippen MR) is 256 cm³/mol. The normalized spacial score (nSPS) is 19.3. The molecule has 23 heteroatoms. The molecule has 4 aliphatic heterocycles. The van der Waals surface area contributed by atoms with Crippen molar-refractivity contribution >= 4 is 88.2 Å². The summed E-state index contributed by atoms with van der Waals surface area (Å²) >= 11 is 15.7. The number of halogens is 2. The fraction of sp³-hybridized carbons (Fsp3) is 0.463. The molecule has 4 fully saturated rings. The maximum absolute atomic E-state index is 12.8. The van der Waals surface area contributed by atoms with E-state index in [0.29, 0.717) is 66.1 Å². The van der Waals surface area contributed by atoms with Crippen molar-refractivity contribution in [2.45, 2.75) is 20.0 Å². The molecular formula is C41H56Cl2N16O3S2. The lowest BCUT2D eigenvalue weighted by atomic mass is 10.0. The first kappa shape index (κ1) is 47.1. The Morgan fingerprint density at radius 1 is 0.703 bits per heavy atom. The summed E-state index contributed by atoms with van der Waals surface area (Å²) in [6.07, 6.45) is 7.19. The molecule has 64 heavy (non-hydrogen) atoms. The van der Waals surface area contributed by atoms with E-state index in [1.165, 1.54) is 38.8 Å². The fourth-order valence-electron chi connectivity index (χ4n) is 8.56. The molecule has 2 unspecified atom stereocenters. The van der Waals surface area contributed by atoms with Crippen molar-refractivity contribution in [3.8, 4) is 0 Å². The molecule has 0 saturated carbocycles. The topological polar surface area (TPSA) is 207 Å². The van der Waals surface area contributed by atoms with Crippen LogP contribution in [0.15, 0.2) is 66.0 Å². The molecule has 4 aromatic rings. The Labute approximate surface area is 392 Å². The molecule has 344 valence electrons. The van der Waals surface area contributed by atoms with Gasteiger partial charge in [0.25, 0.3) is 0 Å². The van der Waals surface area contributed by atoms with Crippen LogP contribution in [0.3, 0.4) is 0 Å². The molecule has 3 amide bonds. The van der Waals surface area contributed by atoms with Gasteiger partial charge in [-0.05, 0) is 35.4 Å². The maximum atomic E-state index is 12.8. The number of fused-ring (bicyclic) bond motifs is 1. The number of carbonyl (C=O) groups is 3. The number of nitrogens with zero attached hydrogens (tertiary/aromatic N) is 11. The molecule has 7 N–H and O–H groups in total. The Balaban J connectivity index is 0.000000195. The highest BCUT2D eigenvalue weighted by molar-refractivity contribution is 8.00. The van der Waals surface area contributed by atoms with Crippen molar-refractivity contribution in [1.82, 2.24) is 49.5 Å². The van der Waals surface area contributed by atoms with E-state index in [2.05, 4.69) is 57.0 Å². The second-order valence-electron chi connectivity index (χ2n) is 16.1. The Hall–Kier alpha value is -4.90. The average molecular weight is 956 g/mol. The van der Waals surface area contributed by atoms with E-state index < -0.39 is 0 Å². The number of hydrogen-bond donors (Lipinski definition) is 5. The van der Waals surface area contributed by atoms with Gasteiger partial charge in [-0.15, -0.1) is 10.2 Å². The molecule has 0 radical (unpaired) electrons. The molecule has 2 atom stereocenters. The summed E-state index contributed by atoms with van der Waals surface area (Å²) < 4.78 is 8.83. The van der Waals surface area contributed by atoms with Crippen LogP contribution in [0.5, 0.6) is 0 Å². The highest BCUT2D eigenvalue weighted by Crippen LogP contribution is 2.37. The number of rotatable bonds is 10. The third-order valence-electron chi connectivity index (χ3n) is 11.9. The van der Waals surface area contributed by atoms with E-state index in [1.54, 1.807) is 42.4 Å². The van der Waals surface area contributed by atoms with Crippen LogP contribution in [-0.2, 0) is 17.9 Å². The number of likely N-dealkylation sites (tertiary alicyclic amines) is 1. The van der Waals surface area contributed by atoms with Gasteiger partial charge in [0.2, 0.25) is 5.91 Å². The molecule has 19 nitrogen and oxygen atoms in total. The third kappa shape index (κ3) is 11.5. The quantitative estimate of drug-likeness (QED) is 0.0501. The van der Waals surface area contributed by atoms with Crippen molar-refractivity contribution in [2.75, 3.05) is 105 Å². The first-order valence-corrected chi connectivity index (χ1v) is 24.2. The van der Waals surface area contributed by atoms with Crippen molar-refractivity contribution in [3.05, 3.63) is 87.7 Å². The summed E-state index contributed by atoms with van der Waals surface area (Å²) in [6, 6.07) is 15.4. The van der Waals surface area contributed by atoms with Gasteiger partial charge in [0.05, 0.1) is 15.7 Å². The number of carbonyl (C=O) groups excluding carboxylic acids is 3. The molecule has 0 bridgehead atoms. The minimum Gasteiger partial charge on any atom is -0.370 e. The van der Waals surface area contributed by atoms with Crippen LogP contribution in [-0.4, -0.2) is 159 Å². The van der Waals surface area contributed by atoms with E-state index in [1.807, 2.05) is 40.5 Å². The number of amidine groups is 1. The van der Waals surface area contributed by atoms with Crippen LogP contribution < -0.4 is 31.5 Å². The number of piperazine rings is 2. The molecule has 0 spiro atoms. The zero-order valence-corrected chi connectivity index (χ0v) is 39.3. The summed E-state index contributed by atoms with van der Waals surface area (Å²) in [5.41, 5.74) is 6.48. The van der Waals surface area contributed by atoms with Gasteiger partial charge in [0, 0.05) is 153 Å². The number of nitrogens with one attached hydrogen (secondary N) is 3.